The third-order valence-electron chi connectivity index (χ3n) is 3.66. The molecule has 0 fully saturated rings. The predicted octanol–water partition coefficient (Wildman–Crippen LogP) is 2.92. The minimum Gasteiger partial charge on any atom is -0.312 e. The lowest BCUT2D eigenvalue weighted by molar-refractivity contribution is 0.567. The number of benzene rings is 2. The largest absolute Gasteiger partial charge is 0.312 e. The summed E-state index contributed by atoms with van der Waals surface area (Å²) in [4.78, 5) is 0. The van der Waals surface area contributed by atoms with Crippen LogP contribution in [-0.4, -0.2) is 26.5 Å². The van der Waals surface area contributed by atoms with Crippen LogP contribution in [0.1, 0.15) is 25.5 Å². The van der Waals surface area contributed by atoms with Crippen LogP contribution in [0.3, 0.4) is 0 Å². The van der Waals surface area contributed by atoms with E-state index in [-0.39, 0.29) is 17.0 Å². The summed E-state index contributed by atoms with van der Waals surface area (Å²) in [7, 11) is -1.28. The molecule has 0 aliphatic rings. The Kier molecular flexibility index (Phi) is 4.45. The number of hydrogen-bond donors (Lipinski definition) is 1. The van der Waals surface area contributed by atoms with E-state index in [0.29, 0.717) is 0 Å². The Labute approximate surface area is 120 Å². The van der Waals surface area contributed by atoms with E-state index in [1.807, 2.05) is 49.5 Å². The molecule has 0 bridgehead atoms. The molecular weight excluding hydrogens is 270 g/mol. The second kappa shape index (κ2) is 5.94. The van der Waals surface area contributed by atoms with Crippen molar-refractivity contribution in [2.45, 2.75) is 25.1 Å². The maximum absolute atomic E-state index is 12.2. The van der Waals surface area contributed by atoms with Gasteiger partial charge in [-0.25, -0.2) is 8.42 Å². The molecule has 1 unspecified atom stereocenters. The lowest BCUT2D eigenvalue weighted by atomic mass is 10.00. The highest BCUT2D eigenvalue weighted by molar-refractivity contribution is 7.92. The fourth-order valence-electron chi connectivity index (χ4n) is 2.31. The van der Waals surface area contributed by atoms with E-state index in [2.05, 4.69) is 5.32 Å². The van der Waals surface area contributed by atoms with Gasteiger partial charge in [-0.2, -0.15) is 0 Å². The van der Waals surface area contributed by atoms with Crippen LogP contribution >= 0.6 is 0 Å². The number of sulfone groups is 1. The number of rotatable bonds is 5. The van der Waals surface area contributed by atoms with E-state index >= 15 is 0 Å². The van der Waals surface area contributed by atoms with Gasteiger partial charge >= 0.3 is 0 Å². The van der Waals surface area contributed by atoms with Crippen molar-refractivity contribution >= 4 is 20.6 Å². The smallest absolute Gasteiger partial charge is 0.154 e. The summed E-state index contributed by atoms with van der Waals surface area (Å²) in [5.41, 5.74) is 1.04. The molecule has 1 atom stereocenters. The first-order valence-corrected chi connectivity index (χ1v) is 8.53. The SMILES string of the molecule is CNC(CS(=O)(=O)C(C)C)c1cccc2ccccc12. The molecule has 3 nitrogen and oxygen atoms in total. The maximum atomic E-state index is 12.2. The van der Waals surface area contributed by atoms with Gasteiger partial charge in [0.1, 0.15) is 0 Å². The van der Waals surface area contributed by atoms with E-state index in [1.165, 1.54) is 0 Å². The van der Waals surface area contributed by atoms with Gasteiger partial charge in [0.25, 0.3) is 0 Å². The van der Waals surface area contributed by atoms with Crippen molar-refractivity contribution < 1.29 is 8.42 Å². The van der Waals surface area contributed by atoms with Crippen LogP contribution in [0.2, 0.25) is 0 Å². The molecule has 4 heteroatoms. The summed E-state index contributed by atoms with van der Waals surface area (Å²) in [5.74, 6) is 0.120. The molecule has 0 heterocycles. The minimum atomic E-state index is -3.09. The molecule has 0 spiro atoms. The molecular formula is C16H21NO2S. The summed E-state index contributed by atoms with van der Waals surface area (Å²) in [6.07, 6.45) is 0. The van der Waals surface area contributed by atoms with Crippen LogP contribution in [0.5, 0.6) is 0 Å². The van der Waals surface area contributed by atoms with E-state index < -0.39 is 9.84 Å². The molecule has 2 aromatic carbocycles. The van der Waals surface area contributed by atoms with E-state index in [1.54, 1.807) is 13.8 Å². The zero-order valence-corrected chi connectivity index (χ0v) is 12.9. The van der Waals surface area contributed by atoms with Crippen molar-refractivity contribution in [1.82, 2.24) is 5.32 Å². The molecule has 2 aromatic rings. The van der Waals surface area contributed by atoms with Crippen LogP contribution < -0.4 is 5.32 Å². The summed E-state index contributed by atoms with van der Waals surface area (Å²) in [6.45, 7) is 3.45. The number of fused-ring (bicyclic) bond motifs is 1. The fourth-order valence-corrected chi connectivity index (χ4v) is 3.50. The minimum absolute atomic E-state index is 0.120. The third kappa shape index (κ3) is 3.02. The van der Waals surface area contributed by atoms with Crippen molar-refractivity contribution in [2.24, 2.45) is 0 Å². The first kappa shape index (κ1) is 15.0. The fraction of sp³-hybridized carbons (Fsp3) is 0.375. The molecule has 0 amide bonds. The molecule has 108 valence electrons. The van der Waals surface area contributed by atoms with Gasteiger partial charge in [0.15, 0.2) is 9.84 Å². The molecule has 0 saturated carbocycles. The van der Waals surface area contributed by atoms with Crippen LogP contribution in [0.15, 0.2) is 42.5 Å². The molecule has 1 N–H and O–H groups in total. The van der Waals surface area contributed by atoms with E-state index in [4.69, 9.17) is 0 Å². The summed E-state index contributed by atoms with van der Waals surface area (Å²) in [5, 5.41) is 5.03. The van der Waals surface area contributed by atoms with Crippen molar-refractivity contribution in [3.63, 3.8) is 0 Å². The van der Waals surface area contributed by atoms with Gasteiger partial charge in [-0.1, -0.05) is 42.5 Å². The molecule has 2 rings (SSSR count). The average molecular weight is 291 g/mol. The zero-order valence-electron chi connectivity index (χ0n) is 12.1. The molecule has 0 radical (unpaired) electrons. The third-order valence-corrected chi connectivity index (χ3v) is 5.90. The lowest BCUT2D eigenvalue weighted by Crippen LogP contribution is -2.29. The summed E-state index contributed by atoms with van der Waals surface area (Å²) < 4.78 is 24.3. The monoisotopic (exact) mass is 291 g/mol. The quantitative estimate of drug-likeness (QED) is 0.921. The van der Waals surface area contributed by atoms with Gasteiger partial charge in [0.2, 0.25) is 0 Å². The van der Waals surface area contributed by atoms with Crippen LogP contribution in [0.4, 0.5) is 0 Å². The highest BCUT2D eigenvalue weighted by Gasteiger charge is 2.23. The van der Waals surface area contributed by atoms with Gasteiger partial charge in [-0.05, 0) is 37.2 Å². The Hall–Kier alpha value is -1.39. The molecule has 0 aliphatic carbocycles. The Morgan fingerprint density at radius 1 is 1.05 bits per heavy atom. The highest BCUT2D eigenvalue weighted by atomic mass is 32.2. The number of nitrogens with one attached hydrogen (secondary N) is 1. The van der Waals surface area contributed by atoms with Gasteiger partial charge in [0.05, 0.1) is 11.0 Å². The average Bonchev–Trinajstić information content (AvgIpc) is 2.44. The van der Waals surface area contributed by atoms with Crippen LogP contribution in [0.25, 0.3) is 10.8 Å². The summed E-state index contributed by atoms with van der Waals surface area (Å²) in [6, 6.07) is 13.9. The van der Waals surface area contributed by atoms with E-state index in [9.17, 15) is 8.42 Å². The maximum Gasteiger partial charge on any atom is 0.154 e. The second-order valence-electron chi connectivity index (χ2n) is 5.29. The van der Waals surface area contributed by atoms with Crippen molar-refractivity contribution in [1.29, 1.82) is 0 Å². The van der Waals surface area contributed by atoms with Gasteiger partial charge in [-0.3, -0.25) is 0 Å². The lowest BCUT2D eigenvalue weighted by Gasteiger charge is -2.20. The highest BCUT2D eigenvalue weighted by Crippen LogP contribution is 2.25. The normalized spacial score (nSPS) is 13.8. The molecule has 0 aliphatic heterocycles. The first-order valence-electron chi connectivity index (χ1n) is 6.82. The van der Waals surface area contributed by atoms with Crippen molar-refractivity contribution in [3.05, 3.63) is 48.0 Å². The zero-order chi connectivity index (χ0) is 14.8. The topological polar surface area (TPSA) is 46.2 Å². The van der Waals surface area contributed by atoms with Gasteiger partial charge < -0.3 is 5.32 Å². The molecule has 0 saturated heterocycles. The summed E-state index contributed by atoms with van der Waals surface area (Å²) >= 11 is 0. The van der Waals surface area contributed by atoms with Crippen LogP contribution in [0, 0.1) is 0 Å². The Morgan fingerprint density at radius 2 is 1.70 bits per heavy atom. The first-order chi connectivity index (χ1) is 9.45. The standard InChI is InChI=1S/C16H21NO2S/c1-12(2)20(18,19)11-16(17-3)15-10-6-8-13-7-4-5-9-14(13)15/h4-10,12,16-17H,11H2,1-3H3. The molecule has 20 heavy (non-hydrogen) atoms. The Balaban J connectivity index is 2.45. The Bertz CT molecular complexity index is 687. The van der Waals surface area contributed by atoms with Crippen LogP contribution in [-0.2, 0) is 9.84 Å². The number of hydrogen-bond acceptors (Lipinski definition) is 3. The second-order valence-corrected chi connectivity index (χ2v) is 7.89. The van der Waals surface area contributed by atoms with Crippen molar-refractivity contribution in [3.8, 4) is 0 Å². The van der Waals surface area contributed by atoms with E-state index in [0.717, 1.165) is 16.3 Å². The van der Waals surface area contributed by atoms with Gasteiger partial charge in [0, 0.05) is 6.04 Å². The van der Waals surface area contributed by atoms with Crippen molar-refractivity contribution in [2.75, 3.05) is 12.8 Å². The predicted molar refractivity (Wildman–Crippen MR) is 84.7 cm³/mol. The molecule has 0 aromatic heterocycles. The Morgan fingerprint density at radius 3 is 2.35 bits per heavy atom. The van der Waals surface area contributed by atoms with Gasteiger partial charge in [-0.15, -0.1) is 0 Å².